The van der Waals surface area contributed by atoms with Gasteiger partial charge in [0.1, 0.15) is 23.0 Å². The molecule has 0 bridgehead atoms. The normalized spacial score (nSPS) is 10.9. The molecule has 0 aliphatic heterocycles. The molecule has 3 aromatic carbocycles. The summed E-state index contributed by atoms with van der Waals surface area (Å²) in [5.74, 6) is -1.99. The predicted octanol–water partition coefficient (Wildman–Crippen LogP) is 5.89. The van der Waals surface area contributed by atoms with E-state index < -0.39 is 35.3 Å². The van der Waals surface area contributed by atoms with Gasteiger partial charge in [-0.2, -0.15) is 5.26 Å². The highest BCUT2D eigenvalue weighted by molar-refractivity contribution is 6.11. The minimum Gasteiger partial charge on any atom is -0.488 e. The van der Waals surface area contributed by atoms with Crippen molar-refractivity contribution in [2.75, 3.05) is 5.32 Å². The maximum Gasteiger partial charge on any atom is 0.232 e. The van der Waals surface area contributed by atoms with Gasteiger partial charge in [-0.25, -0.2) is 8.78 Å². The molecule has 0 aromatic heterocycles. The second-order valence-electron chi connectivity index (χ2n) is 8.39. The van der Waals surface area contributed by atoms with E-state index in [1.165, 1.54) is 18.2 Å². The molecule has 0 aliphatic carbocycles. The minimum absolute atomic E-state index is 0.0188. The quantitative estimate of drug-likeness (QED) is 0.377. The van der Waals surface area contributed by atoms with Crippen LogP contribution >= 0.6 is 0 Å². The van der Waals surface area contributed by atoms with Crippen molar-refractivity contribution < 1.29 is 23.1 Å². The molecule has 0 fully saturated rings. The Morgan fingerprint density at radius 1 is 1.00 bits per heavy atom. The van der Waals surface area contributed by atoms with Crippen molar-refractivity contribution in [1.82, 2.24) is 0 Å². The zero-order chi connectivity index (χ0) is 24.2. The topological polar surface area (TPSA) is 79.2 Å². The molecule has 1 N–H and O–H groups in total. The van der Waals surface area contributed by atoms with Gasteiger partial charge in [-0.3, -0.25) is 9.59 Å². The van der Waals surface area contributed by atoms with E-state index in [1.807, 2.05) is 26.8 Å². The van der Waals surface area contributed by atoms with Crippen molar-refractivity contribution in [2.24, 2.45) is 0 Å². The molecule has 0 saturated carbocycles. The summed E-state index contributed by atoms with van der Waals surface area (Å²) < 4.78 is 34.2. The highest BCUT2D eigenvalue weighted by atomic mass is 19.1. The van der Waals surface area contributed by atoms with Gasteiger partial charge in [0.25, 0.3) is 0 Å². The van der Waals surface area contributed by atoms with E-state index in [1.54, 1.807) is 24.3 Å². The summed E-state index contributed by atoms with van der Waals surface area (Å²) in [4.78, 5) is 24.9. The lowest BCUT2D eigenvalue weighted by atomic mass is 10.0. The summed E-state index contributed by atoms with van der Waals surface area (Å²) in [7, 11) is 0. The van der Waals surface area contributed by atoms with Crippen LogP contribution in [0.1, 0.15) is 43.1 Å². The molecule has 168 valence electrons. The van der Waals surface area contributed by atoms with E-state index in [4.69, 9.17) is 10.00 Å². The number of amides is 1. The number of carbonyl (C=O) groups is 2. The number of nitrogens with zero attached hydrogens (tertiary/aromatic N) is 1. The van der Waals surface area contributed by atoms with Crippen LogP contribution in [-0.4, -0.2) is 17.3 Å². The van der Waals surface area contributed by atoms with E-state index in [0.29, 0.717) is 17.0 Å². The summed E-state index contributed by atoms with van der Waals surface area (Å²) in [6.07, 6.45) is -0.446. The zero-order valence-electron chi connectivity index (χ0n) is 18.4. The molecule has 3 rings (SSSR count). The number of hydrogen-bond acceptors (Lipinski definition) is 4. The lowest BCUT2D eigenvalue weighted by Crippen LogP contribution is -2.23. The van der Waals surface area contributed by atoms with E-state index in [9.17, 15) is 18.4 Å². The van der Waals surface area contributed by atoms with Crippen molar-refractivity contribution in [3.8, 4) is 22.9 Å². The van der Waals surface area contributed by atoms with Crippen molar-refractivity contribution in [3.05, 3.63) is 83.4 Å². The van der Waals surface area contributed by atoms with Crippen molar-refractivity contribution in [1.29, 1.82) is 5.26 Å². The van der Waals surface area contributed by atoms with Crippen molar-refractivity contribution >= 4 is 17.4 Å². The number of carbonyl (C=O) groups excluding carboxylic acids is 2. The average molecular weight is 448 g/mol. The molecule has 33 heavy (non-hydrogen) atoms. The van der Waals surface area contributed by atoms with Crippen molar-refractivity contribution in [3.63, 3.8) is 0 Å². The fraction of sp³-hybridized carbons (Fsp3) is 0.192. The second-order valence-corrected chi connectivity index (χ2v) is 8.39. The average Bonchev–Trinajstić information content (AvgIpc) is 2.75. The number of hydrogen-bond donors (Lipinski definition) is 1. The van der Waals surface area contributed by atoms with E-state index >= 15 is 0 Å². The van der Waals surface area contributed by atoms with Gasteiger partial charge in [-0.05, 0) is 69.3 Å². The first-order valence-corrected chi connectivity index (χ1v) is 10.2. The van der Waals surface area contributed by atoms with Gasteiger partial charge in [0.2, 0.25) is 5.91 Å². The highest BCUT2D eigenvalue weighted by Crippen LogP contribution is 2.36. The first-order valence-electron chi connectivity index (χ1n) is 10.2. The van der Waals surface area contributed by atoms with Gasteiger partial charge >= 0.3 is 0 Å². The second kappa shape index (κ2) is 9.61. The Hall–Kier alpha value is -4.05. The first kappa shape index (κ1) is 23.6. The monoisotopic (exact) mass is 448 g/mol. The largest absolute Gasteiger partial charge is 0.488 e. The summed E-state index contributed by atoms with van der Waals surface area (Å²) in [5.41, 5.74) is 0.493. The van der Waals surface area contributed by atoms with E-state index in [0.717, 1.165) is 18.2 Å². The third-order valence-electron chi connectivity index (χ3n) is 4.53. The number of nitriles is 1. The highest BCUT2D eigenvalue weighted by Gasteiger charge is 2.20. The molecule has 0 saturated heterocycles. The van der Waals surface area contributed by atoms with Crippen LogP contribution in [0.3, 0.4) is 0 Å². The fourth-order valence-electron chi connectivity index (χ4n) is 3.16. The predicted molar refractivity (Wildman–Crippen MR) is 121 cm³/mol. The smallest absolute Gasteiger partial charge is 0.232 e. The van der Waals surface area contributed by atoms with Gasteiger partial charge in [0, 0.05) is 22.4 Å². The number of anilines is 1. The first-order chi connectivity index (χ1) is 15.6. The molecule has 0 spiro atoms. The third-order valence-corrected chi connectivity index (χ3v) is 4.53. The molecule has 1 amide bonds. The van der Waals surface area contributed by atoms with E-state index in [-0.39, 0.29) is 16.7 Å². The van der Waals surface area contributed by atoms with Crippen LogP contribution in [0.4, 0.5) is 14.5 Å². The SMILES string of the molecule is CC(C)(C)Oc1ccc(NC(=O)CC(=O)c2cccc(C#N)c2)cc1-c1cc(F)ccc1F. The van der Waals surface area contributed by atoms with Gasteiger partial charge in [-0.15, -0.1) is 0 Å². The Balaban J connectivity index is 1.87. The summed E-state index contributed by atoms with van der Waals surface area (Å²) in [6.45, 7) is 5.46. The van der Waals surface area contributed by atoms with Gasteiger partial charge in [0.05, 0.1) is 18.1 Å². The molecule has 7 heteroatoms. The minimum atomic E-state index is -0.647. The van der Waals surface area contributed by atoms with E-state index in [2.05, 4.69) is 5.32 Å². The Bertz CT molecular complexity index is 1260. The number of halogens is 2. The summed E-state index contributed by atoms with van der Waals surface area (Å²) >= 11 is 0. The fourth-order valence-corrected chi connectivity index (χ4v) is 3.16. The van der Waals surface area contributed by atoms with Crippen LogP contribution in [0.2, 0.25) is 0 Å². The molecule has 5 nitrogen and oxygen atoms in total. The molecule has 0 radical (unpaired) electrons. The molecule has 0 unspecified atom stereocenters. The maximum absolute atomic E-state index is 14.5. The summed E-state index contributed by atoms with van der Waals surface area (Å²) in [6, 6.07) is 15.7. The number of ether oxygens (including phenoxy) is 1. The van der Waals surface area contributed by atoms with Crippen LogP contribution in [-0.2, 0) is 4.79 Å². The molecular weight excluding hydrogens is 426 g/mol. The molecular formula is C26H22F2N2O3. The van der Waals surface area contributed by atoms with Gasteiger partial charge < -0.3 is 10.1 Å². The maximum atomic E-state index is 14.5. The molecule has 3 aromatic rings. The van der Waals surface area contributed by atoms with Crippen LogP contribution in [0, 0.1) is 23.0 Å². The van der Waals surface area contributed by atoms with Crippen LogP contribution in [0.5, 0.6) is 5.75 Å². The summed E-state index contributed by atoms with van der Waals surface area (Å²) in [5, 5.41) is 11.6. The lowest BCUT2D eigenvalue weighted by molar-refractivity contribution is -0.115. The molecule has 0 aliphatic rings. The lowest BCUT2D eigenvalue weighted by Gasteiger charge is -2.24. The number of ketones is 1. The Labute approximate surface area is 190 Å². The zero-order valence-corrected chi connectivity index (χ0v) is 18.4. The third kappa shape index (κ3) is 6.23. The molecule has 0 heterocycles. The van der Waals surface area contributed by atoms with Crippen LogP contribution in [0.15, 0.2) is 60.7 Å². The van der Waals surface area contributed by atoms with Gasteiger partial charge in [-0.1, -0.05) is 12.1 Å². The Kier molecular flexibility index (Phi) is 6.88. The Morgan fingerprint density at radius 3 is 2.45 bits per heavy atom. The number of nitrogens with one attached hydrogen (secondary N) is 1. The standard InChI is InChI=1S/C26H22F2N2O3/c1-26(2,3)33-24-10-8-19(13-21(24)20-12-18(27)7-9-22(20)28)30-25(32)14-23(31)17-6-4-5-16(11-17)15-29/h4-13H,14H2,1-3H3,(H,30,32). The van der Waals surface area contributed by atoms with Crippen LogP contribution < -0.4 is 10.1 Å². The number of benzene rings is 3. The Morgan fingerprint density at radius 2 is 1.76 bits per heavy atom. The van der Waals surface area contributed by atoms with Crippen LogP contribution in [0.25, 0.3) is 11.1 Å². The number of rotatable bonds is 6. The van der Waals surface area contributed by atoms with Crippen molar-refractivity contribution in [2.45, 2.75) is 32.8 Å². The number of Topliss-reactive ketones (excluding diaryl/α,β-unsaturated/α-hetero) is 1. The van der Waals surface area contributed by atoms with Gasteiger partial charge in [0.15, 0.2) is 5.78 Å². The molecule has 0 atom stereocenters.